The lowest BCUT2D eigenvalue weighted by molar-refractivity contribution is 0.288. The molecule has 0 aliphatic carbocycles. The average molecular weight is 261 g/mol. The van der Waals surface area contributed by atoms with Crippen molar-refractivity contribution in [2.45, 2.75) is 38.0 Å². The van der Waals surface area contributed by atoms with Gasteiger partial charge in [-0.3, -0.25) is 0 Å². The summed E-state index contributed by atoms with van der Waals surface area (Å²) in [6.45, 7) is 4.35. The molecule has 0 saturated carbocycles. The number of thioether (sulfide) groups is 1. The van der Waals surface area contributed by atoms with Gasteiger partial charge in [-0.2, -0.15) is 16.1 Å². The van der Waals surface area contributed by atoms with Crippen molar-refractivity contribution in [3.05, 3.63) is 5.82 Å². The molecule has 0 bridgehead atoms. The van der Waals surface area contributed by atoms with Gasteiger partial charge >= 0.3 is 0 Å². The first-order valence-electron chi connectivity index (χ1n) is 5.44. The second-order valence-electron chi connectivity index (χ2n) is 3.66. The minimum atomic E-state index is 0.177. The third-order valence-corrected chi connectivity index (χ3v) is 4.18. The molecule has 1 aromatic heterocycles. The second-order valence-corrected chi connectivity index (χ2v) is 5.48. The molecule has 1 rings (SSSR count). The van der Waals surface area contributed by atoms with E-state index in [4.69, 9.17) is 0 Å². The van der Waals surface area contributed by atoms with Crippen molar-refractivity contribution < 1.29 is 5.11 Å². The Morgan fingerprint density at radius 2 is 2.31 bits per heavy atom. The van der Waals surface area contributed by atoms with Gasteiger partial charge in [-0.25, -0.2) is 4.98 Å². The summed E-state index contributed by atoms with van der Waals surface area (Å²) >= 11 is 3.05. The Hall–Kier alpha value is -0.330. The maximum atomic E-state index is 9.17. The number of rotatable bonds is 7. The summed E-state index contributed by atoms with van der Waals surface area (Å²) < 4.78 is 4.27. The third kappa shape index (κ3) is 3.92. The van der Waals surface area contributed by atoms with Crippen molar-refractivity contribution in [3.8, 4) is 0 Å². The molecular formula is C10H19N3OS2. The molecule has 1 heterocycles. The quantitative estimate of drug-likeness (QED) is 0.786. The molecule has 0 fully saturated rings. The van der Waals surface area contributed by atoms with Gasteiger partial charge in [0.1, 0.15) is 5.82 Å². The maximum Gasteiger partial charge on any atom is 0.202 e. The fourth-order valence-electron chi connectivity index (χ4n) is 1.36. The van der Waals surface area contributed by atoms with Crippen molar-refractivity contribution in [2.75, 3.05) is 18.2 Å². The molecule has 92 valence electrons. The largest absolute Gasteiger partial charge is 0.395 e. The molecule has 0 saturated heterocycles. The standard InChI is InChI=1S/C10H19N3OS2/c1-4-5-9-12-10(16-13-9)11-7(2)8(6-14)15-3/h7-8,14H,4-6H2,1-3H3,(H,11,12,13). The van der Waals surface area contributed by atoms with E-state index in [1.165, 1.54) is 11.5 Å². The Bertz CT molecular complexity index is 302. The molecule has 16 heavy (non-hydrogen) atoms. The van der Waals surface area contributed by atoms with Crippen LogP contribution in [0.4, 0.5) is 5.13 Å². The monoisotopic (exact) mass is 261 g/mol. The van der Waals surface area contributed by atoms with Crippen molar-refractivity contribution in [1.29, 1.82) is 0 Å². The SMILES string of the molecule is CCCc1nsc(NC(C)C(CO)SC)n1. The second kappa shape index (κ2) is 7.09. The topological polar surface area (TPSA) is 58.0 Å². The first-order chi connectivity index (χ1) is 7.71. The van der Waals surface area contributed by atoms with Crippen LogP contribution in [-0.4, -0.2) is 38.6 Å². The molecule has 2 N–H and O–H groups in total. The highest BCUT2D eigenvalue weighted by Gasteiger charge is 2.16. The summed E-state index contributed by atoms with van der Waals surface area (Å²) in [6, 6.07) is 0.197. The van der Waals surface area contributed by atoms with Gasteiger partial charge in [0, 0.05) is 29.2 Å². The highest BCUT2D eigenvalue weighted by molar-refractivity contribution is 7.99. The van der Waals surface area contributed by atoms with E-state index >= 15 is 0 Å². The van der Waals surface area contributed by atoms with Crippen LogP contribution in [0.5, 0.6) is 0 Å². The van der Waals surface area contributed by atoms with Crippen molar-refractivity contribution in [2.24, 2.45) is 0 Å². The van der Waals surface area contributed by atoms with Crippen LogP contribution < -0.4 is 5.32 Å². The number of hydrogen-bond donors (Lipinski definition) is 2. The molecular weight excluding hydrogens is 242 g/mol. The number of hydrogen-bond acceptors (Lipinski definition) is 6. The number of nitrogens with one attached hydrogen (secondary N) is 1. The first-order valence-corrected chi connectivity index (χ1v) is 7.50. The van der Waals surface area contributed by atoms with Gasteiger partial charge in [0.05, 0.1) is 6.61 Å². The lowest BCUT2D eigenvalue weighted by Gasteiger charge is -2.20. The zero-order valence-electron chi connectivity index (χ0n) is 9.93. The van der Waals surface area contributed by atoms with Gasteiger partial charge in [-0.1, -0.05) is 6.92 Å². The van der Waals surface area contributed by atoms with E-state index in [0.29, 0.717) is 0 Å². The summed E-state index contributed by atoms with van der Waals surface area (Å²) in [4.78, 5) is 4.40. The zero-order chi connectivity index (χ0) is 12.0. The van der Waals surface area contributed by atoms with Gasteiger partial charge in [-0.15, -0.1) is 0 Å². The van der Waals surface area contributed by atoms with Crippen LogP contribution in [0.3, 0.4) is 0 Å². The molecule has 0 aromatic carbocycles. The predicted molar refractivity (Wildman–Crippen MR) is 71.4 cm³/mol. The Kier molecular flexibility index (Phi) is 6.08. The summed E-state index contributed by atoms with van der Waals surface area (Å²) in [6.07, 6.45) is 4.00. The zero-order valence-corrected chi connectivity index (χ0v) is 11.6. The molecule has 0 aliphatic rings. The highest BCUT2D eigenvalue weighted by atomic mass is 32.2. The van der Waals surface area contributed by atoms with Gasteiger partial charge < -0.3 is 10.4 Å². The van der Waals surface area contributed by atoms with Crippen LogP contribution in [0, 0.1) is 0 Å². The Balaban J connectivity index is 2.51. The maximum absolute atomic E-state index is 9.17. The lowest BCUT2D eigenvalue weighted by Crippen LogP contribution is -2.30. The Morgan fingerprint density at radius 1 is 1.56 bits per heavy atom. The predicted octanol–water partition coefficient (Wildman–Crippen LogP) is 2.01. The molecule has 0 amide bonds. The van der Waals surface area contributed by atoms with E-state index in [0.717, 1.165) is 23.8 Å². The fraction of sp³-hybridized carbons (Fsp3) is 0.800. The molecule has 2 atom stereocenters. The fourth-order valence-corrected chi connectivity index (χ4v) is 2.70. The molecule has 0 spiro atoms. The van der Waals surface area contributed by atoms with Crippen LogP contribution in [0.2, 0.25) is 0 Å². The third-order valence-electron chi connectivity index (χ3n) is 2.33. The molecule has 1 aromatic rings. The number of anilines is 1. The van der Waals surface area contributed by atoms with Crippen LogP contribution in [0.25, 0.3) is 0 Å². The summed E-state index contributed by atoms with van der Waals surface area (Å²) in [5.74, 6) is 0.909. The van der Waals surface area contributed by atoms with Crippen LogP contribution in [0.15, 0.2) is 0 Å². The van der Waals surface area contributed by atoms with Crippen molar-refractivity contribution in [3.63, 3.8) is 0 Å². The van der Waals surface area contributed by atoms with E-state index in [2.05, 4.69) is 28.5 Å². The van der Waals surface area contributed by atoms with E-state index in [-0.39, 0.29) is 17.9 Å². The first kappa shape index (κ1) is 13.7. The lowest BCUT2D eigenvalue weighted by atomic mass is 10.2. The molecule has 2 unspecified atom stereocenters. The van der Waals surface area contributed by atoms with E-state index < -0.39 is 0 Å². The number of aryl methyl sites for hydroxylation is 1. The summed E-state index contributed by atoms with van der Waals surface area (Å²) in [7, 11) is 0. The van der Waals surface area contributed by atoms with E-state index in [9.17, 15) is 5.11 Å². The molecule has 6 heteroatoms. The minimum Gasteiger partial charge on any atom is -0.395 e. The van der Waals surface area contributed by atoms with Crippen molar-refractivity contribution in [1.82, 2.24) is 9.36 Å². The molecule has 0 radical (unpaired) electrons. The number of nitrogens with zero attached hydrogens (tertiary/aromatic N) is 2. The number of aliphatic hydroxyl groups excluding tert-OH is 1. The Labute approximate surface area is 105 Å². The van der Waals surface area contributed by atoms with E-state index in [1.54, 1.807) is 11.8 Å². The van der Waals surface area contributed by atoms with Gasteiger partial charge in [0.25, 0.3) is 0 Å². The normalized spacial score (nSPS) is 14.8. The Morgan fingerprint density at radius 3 is 2.88 bits per heavy atom. The van der Waals surface area contributed by atoms with Gasteiger partial charge in [0.15, 0.2) is 0 Å². The number of aromatic nitrogens is 2. The molecule has 4 nitrogen and oxygen atoms in total. The van der Waals surface area contributed by atoms with Crippen molar-refractivity contribution >= 4 is 28.4 Å². The average Bonchev–Trinajstić information content (AvgIpc) is 2.68. The molecule has 0 aliphatic heterocycles. The van der Waals surface area contributed by atoms with E-state index in [1.807, 2.05) is 6.26 Å². The van der Waals surface area contributed by atoms with Crippen LogP contribution in [-0.2, 0) is 6.42 Å². The summed E-state index contributed by atoms with van der Waals surface area (Å²) in [5, 5.41) is 13.5. The smallest absolute Gasteiger partial charge is 0.202 e. The van der Waals surface area contributed by atoms with Crippen LogP contribution in [0.1, 0.15) is 26.1 Å². The highest BCUT2D eigenvalue weighted by Crippen LogP contribution is 2.18. The van der Waals surface area contributed by atoms with Gasteiger partial charge in [-0.05, 0) is 19.6 Å². The number of aliphatic hydroxyl groups is 1. The minimum absolute atomic E-state index is 0.177. The van der Waals surface area contributed by atoms with Gasteiger partial charge in [0.2, 0.25) is 5.13 Å². The summed E-state index contributed by atoms with van der Waals surface area (Å²) in [5.41, 5.74) is 0. The van der Waals surface area contributed by atoms with Crippen LogP contribution >= 0.6 is 23.3 Å².